The van der Waals surface area contributed by atoms with Crippen molar-refractivity contribution in [2.45, 2.75) is 38.9 Å². The lowest BCUT2D eigenvalue weighted by Crippen LogP contribution is -2.44. The maximum absolute atomic E-state index is 13.5. The van der Waals surface area contributed by atoms with Crippen molar-refractivity contribution in [2.24, 2.45) is 5.73 Å². The zero-order valence-electron chi connectivity index (χ0n) is 20.0. The van der Waals surface area contributed by atoms with Gasteiger partial charge < -0.3 is 19.9 Å². The summed E-state index contributed by atoms with van der Waals surface area (Å²) in [6, 6.07) is 8.49. The third-order valence-electron chi connectivity index (χ3n) is 5.84. The number of nitrogens with two attached hydrogens (primary N) is 1. The van der Waals surface area contributed by atoms with Crippen LogP contribution in [0.1, 0.15) is 30.1 Å². The molecule has 2 aromatic heterocycles. The van der Waals surface area contributed by atoms with E-state index in [9.17, 15) is 13.8 Å². The Morgan fingerprint density at radius 1 is 1.37 bits per heavy atom. The van der Waals surface area contributed by atoms with Crippen LogP contribution in [-0.2, 0) is 22.8 Å². The van der Waals surface area contributed by atoms with Crippen molar-refractivity contribution in [3.63, 3.8) is 0 Å². The van der Waals surface area contributed by atoms with E-state index in [4.69, 9.17) is 10.7 Å². The predicted molar refractivity (Wildman–Crippen MR) is 142 cm³/mol. The molecule has 2 atom stereocenters. The number of aromatic nitrogens is 3. The first kappa shape index (κ1) is 24.6. The summed E-state index contributed by atoms with van der Waals surface area (Å²) in [5.41, 5.74) is 7.78. The van der Waals surface area contributed by atoms with Gasteiger partial charge in [-0.3, -0.25) is 14.2 Å². The van der Waals surface area contributed by atoms with Crippen molar-refractivity contribution in [3.05, 3.63) is 52.4 Å². The van der Waals surface area contributed by atoms with Gasteiger partial charge in [-0.2, -0.15) is 0 Å². The highest BCUT2D eigenvalue weighted by atomic mass is 32.2. The fraction of sp³-hybridized carbons (Fsp3) is 0.360. The minimum absolute atomic E-state index is 0.0541. The normalized spacial score (nSPS) is 17.5. The molecule has 9 nitrogen and oxygen atoms in total. The van der Waals surface area contributed by atoms with Gasteiger partial charge in [-0.25, -0.2) is 9.19 Å². The minimum Gasteiger partial charge on any atom is -0.341 e. The first-order chi connectivity index (χ1) is 16.7. The van der Waals surface area contributed by atoms with Crippen LogP contribution in [-0.4, -0.2) is 55.4 Å². The maximum Gasteiger partial charge on any atom is 0.277 e. The quantitative estimate of drug-likeness (QED) is 0.294. The summed E-state index contributed by atoms with van der Waals surface area (Å²) in [6.07, 6.45) is 4.99. The lowest BCUT2D eigenvalue weighted by molar-refractivity contribution is 0.0971. The summed E-state index contributed by atoms with van der Waals surface area (Å²) >= 11 is 0. The number of anilines is 2. The Bertz CT molecular complexity index is 1490. The maximum atomic E-state index is 13.5. The summed E-state index contributed by atoms with van der Waals surface area (Å²) in [5.74, 6) is 9.92. The highest BCUT2D eigenvalue weighted by molar-refractivity contribution is 8.00. The summed E-state index contributed by atoms with van der Waals surface area (Å²) in [5, 5.41) is 0. The van der Waals surface area contributed by atoms with Gasteiger partial charge in [-0.1, -0.05) is 18.1 Å². The van der Waals surface area contributed by atoms with E-state index in [0.29, 0.717) is 41.3 Å². The highest BCUT2D eigenvalue weighted by Crippen LogP contribution is 2.23. The smallest absolute Gasteiger partial charge is 0.277 e. The molecule has 2 unspecified atom stereocenters. The number of carbonyl (C=O) groups excluding carboxylic acids is 1. The Morgan fingerprint density at radius 2 is 2.17 bits per heavy atom. The minimum atomic E-state index is -2.48. The number of piperidine rings is 1. The van der Waals surface area contributed by atoms with Gasteiger partial charge in [0.05, 0.1) is 18.6 Å². The molecule has 10 heteroatoms. The Kier molecular flexibility index (Phi) is 7.00. The van der Waals surface area contributed by atoms with E-state index >= 15 is 0 Å². The summed E-state index contributed by atoms with van der Waals surface area (Å²) in [7, 11) is -2.48. The van der Waals surface area contributed by atoms with E-state index in [1.807, 2.05) is 4.57 Å². The van der Waals surface area contributed by atoms with E-state index in [1.165, 1.54) is 10.8 Å². The molecule has 1 aliphatic rings. The molecule has 3 heterocycles. The molecule has 3 aromatic rings. The van der Waals surface area contributed by atoms with Crippen LogP contribution in [0.4, 0.5) is 11.6 Å². The van der Waals surface area contributed by atoms with Gasteiger partial charge in [-0.15, -0.1) is 5.92 Å². The second-order valence-electron chi connectivity index (χ2n) is 8.87. The van der Waals surface area contributed by atoms with E-state index in [-0.39, 0.29) is 23.9 Å². The van der Waals surface area contributed by atoms with Crippen molar-refractivity contribution in [1.82, 2.24) is 14.1 Å². The third kappa shape index (κ3) is 5.58. The molecule has 1 saturated heterocycles. The molecule has 0 radical (unpaired) electrons. The van der Waals surface area contributed by atoms with Gasteiger partial charge in [0.2, 0.25) is 5.95 Å². The molecule has 4 rings (SSSR count). The number of nitrogens with zero attached hydrogens (tertiary/aromatic N) is 4. The number of nitrogens with one attached hydrogen (secondary N) is 1. The van der Waals surface area contributed by atoms with Crippen molar-refractivity contribution >= 4 is 44.0 Å². The Balaban J connectivity index is 1.70. The Labute approximate surface area is 205 Å². The fourth-order valence-corrected chi connectivity index (χ4v) is 4.91. The van der Waals surface area contributed by atoms with Crippen molar-refractivity contribution in [1.29, 1.82) is 0 Å². The number of imidazole rings is 1. The fourth-order valence-electron chi connectivity index (χ4n) is 4.28. The van der Waals surface area contributed by atoms with Crippen LogP contribution in [0.3, 0.4) is 0 Å². The van der Waals surface area contributed by atoms with Crippen LogP contribution in [0.5, 0.6) is 0 Å². The second-order valence-corrected chi connectivity index (χ2v) is 11.1. The SMILES string of the molecule is C=S(C)(=O)Nc1cccc(C(=O)Cn2ccc3nc(N4CCCC(N)C4)n(CC#CC)c3c2=O)c1. The van der Waals surface area contributed by atoms with Crippen LogP contribution in [0.25, 0.3) is 11.0 Å². The molecule has 1 aromatic carbocycles. The van der Waals surface area contributed by atoms with Crippen LogP contribution in [0.2, 0.25) is 0 Å². The average molecular weight is 495 g/mol. The van der Waals surface area contributed by atoms with E-state index < -0.39 is 9.71 Å². The molecule has 184 valence electrons. The van der Waals surface area contributed by atoms with Crippen LogP contribution >= 0.6 is 0 Å². The molecule has 1 aliphatic heterocycles. The number of carbonyl (C=O) groups is 1. The molecule has 0 spiro atoms. The standard InChI is InChI=1S/C25H30N6O3S/c1-4-5-13-31-23-21(27-25(31)30-12-7-9-19(26)16-30)11-14-29(24(23)33)17-22(32)18-8-6-10-20(15-18)28-35(2,3)34/h6,8,10-11,14-15,19H,2,7,9,12-13,16-17,26H2,1,3H3,(H,28,34). The number of rotatable bonds is 7. The number of hydrogen-bond acceptors (Lipinski definition) is 6. The monoisotopic (exact) mass is 494 g/mol. The first-order valence-corrected chi connectivity index (χ1v) is 13.5. The largest absolute Gasteiger partial charge is 0.341 e. The zero-order chi connectivity index (χ0) is 25.2. The van der Waals surface area contributed by atoms with E-state index in [1.54, 1.807) is 43.5 Å². The number of hydrogen-bond donors (Lipinski definition) is 2. The van der Waals surface area contributed by atoms with Gasteiger partial charge in [0.25, 0.3) is 5.56 Å². The summed E-state index contributed by atoms with van der Waals surface area (Å²) in [4.78, 5) is 33.4. The first-order valence-electron chi connectivity index (χ1n) is 11.4. The molecule has 1 fully saturated rings. The molecule has 3 N–H and O–H groups in total. The number of benzene rings is 1. The van der Waals surface area contributed by atoms with Crippen molar-refractivity contribution in [3.8, 4) is 11.8 Å². The lowest BCUT2D eigenvalue weighted by atomic mass is 10.1. The average Bonchev–Trinajstić information content (AvgIpc) is 3.18. The van der Waals surface area contributed by atoms with E-state index in [0.717, 1.165) is 19.4 Å². The van der Waals surface area contributed by atoms with Gasteiger partial charge in [0, 0.05) is 52.5 Å². The van der Waals surface area contributed by atoms with Gasteiger partial charge in [0.1, 0.15) is 5.52 Å². The lowest BCUT2D eigenvalue weighted by Gasteiger charge is -2.31. The van der Waals surface area contributed by atoms with Crippen LogP contribution < -0.4 is 20.9 Å². The Hall–Kier alpha value is -3.55. The summed E-state index contributed by atoms with van der Waals surface area (Å²) in [6.45, 7) is 3.40. The number of Topliss-reactive ketones (excluding diaryl/α,β-unsaturated/α-hetero) is 1. The van der Waals surface area contributed by atoms with Crippen LogP contribution in [0, 0.1) is 11.8 Å². The summed E-state index contributed by atoms with van der Waals surface area (Å²) < 4.78 is 18.0. The third-order valence-corrected chi connectivity index (χ3v) is 6.50. The van der Waals surface area contributed by atoms with Crippen molar-refractivity contribution in [2.75, 3.05) is 29.0 Å². The molecule has 0 amide bonds. The van der Waals surface area contributed by atoms with Gasteiger partial charge in [-0.05, 0) is 43.8 Å². The number of pyridine rings is 1. The molecular formula is C25H30N6O3S. The second kappa shape index (κ2) is 9.98. The van der Waals surface area contributed by atoms with E-state index in [2.05, 4.69) is 27.3 Å². The number of fused-ring (bicyclic) bond motifs is 1. The highest BCUT2D eigenvalue weighted by Gasteiger charge is 2.24. The van der Waals surface area contributed by atoms with Crippen LogP contribution in [0.15, 0.2) is 41.3 Å². The predicted octanol–water partition coefficient (Wildman–Crippen LogP) is 1.70. The molecule has 0 saturated carbocycles. The number of ketones is 1. The Morgan fingerprint density at radius 3 is 2.89 bits per heavy atom. The molecule has 0 bridgehead atoms. The zero-order valence-corrected chi connectivity index (χ0v) is 20.8. The van der Waals surface area contributed by atoms with Gasteiger partial charge in [0.15, 0.2) is 5.78 Å². The molecule has 0 aliphatic carbocycles. The topological polar surface area (TPSA) is 115 Å². The van der Waals surface area contributed by atoms with Gasteiger partial charge >= 0.3 is 0 Å². The van der Waals surface area contributed by atoms with Crippen molar-refractivity contribution < 1.29 is 9.00 Å². The molecule has 35 heavy (non-hydrogen) atoms. The molecular weight excluding hydrogens is 464 g/mol.